The number of aryl methyl sites for hydroxylation is 1. The van der Waals surface area contributed by atoms with E-state index < -0.39 is 21.9 Å². The van der Waals surface area contributed by atoms with E-state index in [1.165, 1.54) is 22.9 Å². The maximum atomic E-state index is 12.9. The Hall–Kier alpha value is -2.46. The van der Waals surface area contributed by atoms with Gasteiger partial charge in [0.05, 0.1) is 16.6 Å². The summed E-state index contributed by atoms with van der Waals surface area (Å²) in [6, 6.07) is 4.35. The summed E-state index contributed by atoms with van der Waals surface area (Å²) in [5.74, 6) is 0.210. The van der Waals surface area contributed by atoms with Gasteiger partial charge in [0.15, 0.2) is 5.82 Å². The Morgan fingerprint density at radius 3 is 2.50 bits per heavy atom. The zero-order valence-electron chi connectivity index (χ0n) is 13.7. The molecule has 0 amide bonds. The number of halogens is 3. The third kappa shape index (κ3) is 3.06. The lowest BCUT2D eigenvalue weighted by Crippen LogP contribution is -2.07. The van der Waals surface area contributed by atoms with Gasteiger partial charge in [0, 0.05) is 18.8 Å². The number of aromatic nitrogens is 3. The molecule has 138 valence electrons. The fourth-order valence-corrected chi connectivity index (χ4v) is 3.62. The number of nitrogens with zero attached hydrogens (tertiary/aromatic N) is 3. The molecule has 6 nitrogen and oxygen atoms in total. The Bertz CT molecular complexity index is 1110. The van der Waals surface area contributed by atoms with Gasteiger partial charge in [0.1, 0.15) is 10.6 Å². The van der Waals surface area contributed by atoms with E-state index in [9.17, 15) is 26.1 Å². The number of hydrogen-bond donors (Lipinski definition) is 1. The van der Waals surface area contributed by atoms with Crippen molar-refractivity contribution in [2.75, 3.05) is 0 Å². The highest BCUT2D eigenvalue weighted by Crippen LogP contribution is 2.33. The van der Waals surface area contributed by atoms with Gasteiger partial charge < -0.3 is 4.57 Å². The Kier molecular flexibility index (Phi) is 4.27. The van der Waals surface area contributed by atoms with Gasteiger partial charge in [-0.05, 0) is 30.7 Å². The van der Waals surface area contributed by atoms with Crippen LogP contribution in [0, 0.1) is 0 Å². The molecule has 0 aliphatic heterocycles. The average molecular weight is 385 g/mol. The fourth-order valence-electron chi connectivity index (χ4n) is 2.84. The van der Waals surface area contributed by atoms with Gasteiger partial charge in [-0.2, -0.15) is 21.6 Å². The van der Waals surface area contributed by atoms with Crippen molar-refractivity contribution in [2.24, 2.45) is 7.05 Å². The molecule has 0 bridgehead atoms. The van der Waals surface area contributed by atoms with Crippen molar-refractivity contribution < 1.29 is 26.1 Å². The lowest BCUT2D eigenvalue weighted by molar-refractivity contribution is -0.137. The average Bonchev–Trinajstić information content (AvgIpc) is 2.88. The molecule has 3 rings (SSSR count). The number of rotatable bonds is 3. The first-order chi connectivity index (χ1) is 12.0. The zero-order valence-corrected chi connectivity index (χ0v) is 14.6. The highest BCUT2D eigenvalue weighted by molar-refractivity contribution is 7.85. The number of benzene rings is 1. The Labute approximate surface area is 147 Å². The maximum absolute atomic E-state index is 12.9. The first-order valence-corrected chi connectivity index (χ1v) is 8.97. The molecule has 0 saturated heterocycles. The van der Waals surface area contributed by atoms with E-state index in [4.69, 9.17) is 0 Å². The van der Waals surface area contributed by atoms with Gasteiger partial charge in [-0.3, -0.25) is 9.54 Å². The van der Waals surface area contributed by atoms with Crippen LogP contribution in [-0.4, -0.2) is 27.5 Å². The lowest BCUT2D eigenvalue weighted by Gasteiger charge is -2.10. The summed E-state index contributed by atoms with van der Waals surface area (Å²) < 4.78 is 72.8. The highest BCUT2D eigenvalue weighted by Gasteiger charge is 2.31. The molecular weight excluding hydrogens is 371 g/mol. The van der Waals surface area contributed by atoms with E-state index in [1.807, 2.05) is 0 Å². The van der Waals surface area contributed by atoms with Crippen molar-refractivity contribution in [3.63, 3.8) is 0 Å². The van der Waals surface area contributed by atoms with Crippen LogP contribution in [0.15, 0.2) is 35.4 Å². The van der Waals surface area contributed by atoms with E-state index in [0.717, 1.165) is 12.1 Å². The van der Waals surface area contributed by atoms with Gasteiger partial charge in [-0.1, -0.05) is 6.92 Å². The standard InChI is InChI=1S/C16H14F3N3O3S/c1-3-10-13(26(23,24)25)6-7-20-14(10)15-21-11-8-9(16(17,18)19)4-5-12(11)22(15)2/h4-8H,3H2,1-2H3,(H,23,24,25). The molecule has 1 aromatic carbocycles. The summed E-state index contributed by atoms with van der Waals surface area (Å²) in [4.78, 5) is 8.05. The summed E-state index contributed by atoms with van der Waals surface area (Å²) in [7, 11) is -2.87. The first kappa shape index (κ1) is 18.3. The van der Waals surface area contributed by atoms with E-state index in [1.54, 1.807) is 14.0 Å². The van der Waals surface area contributed by atoms with Crippen LogP contribution in [0.5, 0.6) is 0 Å². The molecule has 0 radical (unpaired) electrons. The minimum Gasteiger partial charge on any atom is -0.326 e. The number of imidazole rings is 1. The van der Waals surface area contributed by atoms with E-state index in [2.05, 4.69) is 9.97 Å². The third-order valence-corrected chi connectivity index (χ3v) is 5.00. The molecule has 0 spiro atoms. The van der Waals surface area contributed by atoms with Crippen LogP contribution in [0.1, 0.15) is 18.1 Å². The normalized spacial score (nSPS) is 12.7. The maximum Gasteiger partial charge on any atom is 0.416 e. The van der Waals surface area contributed by atoms with Crippen LogP contribution in [-0.2, 0) is 29.8 Å². The van der Waals surface area contributed by atoms with Crippen LogP contribution in [0.2, 0.25) is 0 Å². The third-order valence-electron chi connectivity index (χ3n) is 4.06. The Morgan fingerprint density at radius 1 is 1.23 bits per heavy atom. The molecule has 0 fully saturated rings. The predicted molar refractivity (Wildman–Crippen MR) is 88.1 cm³/mol. The number of alkyl halides is 3. The number of hydrogen-bond acceptors (Lipinski definition) is 4. The molecule has 1 N–H and O–H groups in total. The van der Waals surface area contributed by atoms with Gasteiger partial charge in [-0.15, -0.1) is 0 Å². The fraction of sp³-hybridized carbons (Fsp3) is 0.250. The van der Waals surface area contributed by atoms with Crippen LogP contribution < -0.4 is 0 Å². The number of fused-ring (bicyclic) bond motifs is 1. The van der Waals surface area contributed by atoms with Gasteiger partial charge >= 0.3 is 6.18 Å². The van der Waals surface area contributed by atoms with Crippen molar-refractivity contribution in [1.82, 2.24) is 14.5 Å². The summed E-state index contributed by atoms with van der Waals surface area (Å²) in [6.45, 7) is 1.68. The van der Waals surface area contributed by atoms with Crippen molar-refractivity contribution >= 4 is 21.2 Å². The van der Waals surface area contributed by atoms with E-state index in [0.29, 0.717) is 5.52 Å². The van der Waals surface area contributed by atoms with Crippen LogP contribution in [0.3, 0.4) is 0 Å². The van der Waals surface area contributed by atoms with Crippen molar-refractivity contribution in [3.8, 4) is 11.5 Å². The summed E-state index contributed by atoms with van der Waals surface area (Å²) in [5, 5.41) is 0. The molecule has 26 heavy (non-hydrogen) atoms. The summed E-state index contributed by atoms with van der Waals surface area (Å²) >= 11 is 0. The lowest BCUT2D eigenvalue weighted by atomic mass is 10.1. The van der Waals surface area contributed by atoms with Crippen LogP contribution in [0.4, 0.5) is 13.2 Å². The van der Waals surface area contributed by atoms with Crippen molar-refractivity contribution in [3.05, 3.63) is 41.6 Å². The monoisotopic (exact) mass is 385 g/mol. The predicted octanol–water partition coefficient (Wildman–Crippen LogP) is 3.46. The molecule has 0 aliphatic carbocycles. The zero-order chi connectivity index (χ0) is 19.3. The quantitative estimate of drug-likeness (QED) is 0.698. The molecule has 3 aromatic rings. The molecule has 0 unspecified atom stereocenters. The van der Waals surface area contributed by atoms with E-state index in [-0.39, 0.29) is 33.9 Å². The molecule has 2 heterocycles. The molecule has 2 aromatic heterocycles. The van der Waals surface area contributed by atoms with Gasteiger partial charge in [0.25, 0.3) is 10.1 Å². The minimum atomic E-state index is -4.50. The second-order valence-corrected chi connectivity index (χ2v) is 7.05. The molecule has 0 atom stereocenters. The summed E-state index contributed by atoms with van der Waals surface area (Å²) in [5.41, 5.74) is 0.150. The Morgan fingerprint density at radius 2 is 1.92 bits per heavy atom. The second kappa shape index (κ2) is 6.06. The minimum absolute atomic E-state index is 0.110. The van der Waals surface area contributed by atoms with Crippen molar-refractivity contribution in [1.29, 1.82) is 0 Å². The van der Waals surface area contributed by atoms with Crippen LogP contribution in [0.25, 0.3) is 22.6 Å². The topological polar surface area (TPSA) is 85.1 Å². The first-order valence-electron chi connectivity index (χ1n) is 7.53. The Balaban J connectivity index is 2.28. The molecular formula is C16H14F3N3O3S. The largest absolute Gasteiger partial charge is 0.416 e. The van der Waals surface area contributed by atoms with Gasteiger partial charge in [-0.25, -0.2) is 4.98 Å². The SMILES string of the molecule is CCc1c(S(=O)(=O)O)ccnc1-c1nc2cc(C(F)(F)F)ccc2n1C. The second-order valence-electron chi connectivity index (χ2n) is 5.66. The highest BCUT2D eigenvalue weighted by atomic mass is 32.2. The molecule has 0 saturated carbocycles. The summed E-state index contributed by atoms with van der Waals surface area (Å²) in [6.07, 6.45) is -3.06. The molecule has 10 heteroatoms. The van der Waals surface area contributed by atoms with Crippen molar-refractivity contribution in [2.45, 2.75) is 24.4 Å². The smallest absolute Gasteiger partial charge is 0.326 e. The molecule has 0 aliphatic rings. The number of pyridine rings is 1. The van der Waals surface area contributed by atoms with Gasteiger partial charge in [0.2, 0.25) is 0 Å². The van der Waals surface area contributed by atoms with Crippen LogP contribution >= 0.6 is 0 Å². The van der Waals surface area contributed by atoms with E-state index >= 15 is 0 Å².